The molecule has 2 N–H and O–H groups in total. The monoisotopic (exact) mass is 424 g/mol. The highest BCUT2D eigenvalue weighted by atomic mass is 16.5. The van der Waals surface area contributed by atoms with Gasteiger partial charge in [0.1, 0.15) is 6.04 Å². The van der Waals surface area contributed by atoms with Crippen molar-refractivity contribution in [1.29, 1.82) is 0 Å². The lowest BCUT2D eigenvalue weighted by molar-refractivity contribution is -0.158. The zero-order valence-electron chi connectivity index (χ0n) is 18.3. The number of esters is 1. The van der Waals surface area contributed by atoms with Crippen molar-refractivity contribution in [3.05, 3.63) is 42.0 Å². The molecule has 1 aromatic carbocycles. The molecule has 6 heteroatoms. The van der Waals surface area contributed by atoms with Crippen LogP contribution >= 0.6 is 0 Å². The molecule has 0 spiro atoms. The standard InChI is InChI=1S/C25H32N2O4/c1-16(26-22(28)9-8-18-6-4-3-5-7-18)24(30)31-17(2)23(29)27-25-13-19-10-20(14-25)12-21(11-19)15-25/h3-9,16-17,19-21H,10-15H2,1-2H3,(H,26,28)(H,27,29)/b9-8+/t16-,17+,19?,20?,21?,25?/m0/s1. The number of carbonyl (C=O) groups is 3. The smallest absolute Gasteiger partial charge is 0.329 e. The van der Waals surface area contributed by atoms with Crippen LogP contribution in [-0.4, -0.2) is 35.5 Å². The van der Waals surface area contributed by atoms with E-state index in [1.807, 2.05) is 30.3 Å². The summed E-state index contributed by atoms with van der Waals surface area (Å²) in [5, 5.41) is 5.82. The van der Waals surface area contributed by atoms with Gasteiger partial charge in [-0.3, -0.25) is 9.59 Å². The number of nitrogens with one attached hydrogen (secondary N) is 2. The Morgan fingerprint density at radius 3 is 2.16 bits per heavy atom. The molecule has 4 bridgehead atoms. The van der Waals surface area contributed by atoms with Crippen molar-refractivity contribution in [2.24, 2.45) is 17.8 Å². The van der Waals surface area contributed by atoms with Gasteiger partial charge in [0.2, 0.25) is 5.91 Å². The van der Waals surface area contributed by atoms with Crippen LogP contribution in [0.3, 0.4) is 0 Å². The lowest BCUT2D eigenvalue weighted by Crippen LogP contribution is -2.61. The fourth-order valence-corrected chi connectivity index (χ4v) is 6.01. The highest BCUT2D eigenvalue weighted by Gasteiger charge is 2.51. The number of rotatable bonds is 7. The third kappa shape index (κ3) is 5.17. The maximum atomic E-state index is 12.8. The molecule has 0 heterocycles. The molecule has 6 nitrogen and oxygen atoms in total. The first kappa shape index (κ1) is 21.6. The Kier molecular flexibility index (Phi) is 6.17. The normalized spacial score (nSPS) is 30.6. The summed E-state index contributed by atoms with van der Waals surface area (Å²) in [6, 6.07) is 8.58. The molecule has 1 aromatic rings. The van der Waals surface area contributed by atoms with Crippen LogP contribution in [0.2, 0.25) is 0 Å². The van der Waals surface area contributed by atoms with Crippen LogP contribution < -0.4 is 10.6 Å². The molecule has 0 aromatic heterocycles. The van der Waals surface area contributed by atoms with Crippen molar-refractivity contribution in [3.63, 3.8) is 0 Å². The Morgan fingerprint density at radius 1 is 1.00 bits per heavy atom. The molecule has 166 valence electrons. The first-order valence-electron chi connectivity index (χ1n) is 11.4. The summed E-state index contributed by atoms with van der Waals surface area (Å²) >= 11 is 0. The van der Waals surface area contributed by atoms with Crippen molar-refractivity contribution in [2.75, 3.05) is 0 Å². The number of carbonyl (C=O) groups excluding carboxylic acids is 3. The van der Waals surface area contributed by atoms with Crippen LogP contribution in [0.15, 0.2) is 36.4 Å². The average molecular weight is 425 g/mol. The van der Waals surface area contributed by atoms with Gasteiger partial charge >= 0.3 is 5.97 Å². The highest BCUT2D eigenvalue weighted by Crippen LogP contribution is 2.55. The van der Waals surface area contributed by atoms with E-state index in [4.69, 9.17) is 4.74 Å². The van der Waals surface area contributed by atoms with Crippen LogP contribution in [-0.2, 0) is 19.1 Å². The van der Waals surface area contributed by atoms with Gasteiger partial charge < -0.3 is 15.4 Å². The minimum atomic E-state index is -0.889. The summed E-state index contributed by atoms with van der Waals surface area (Å²) in [5.41, 5.74) is 0.775. The van der Waals surface area contributed by atoms with E-state index in [0.717, 1.165) is 42.6 Å². The predicted octanol–water partition coefficient (Wildman–Crippen LogP) is 3.22. The van der Waals surface area contributed by atoms with Gasteiger partial charge in [-0.15, -0.1) is 0 Å². The van der Waals surface area contributed by atoms with Crippen molar-refractivity contribution in [3.8, 4) is 0 Å². The molecule has 4 saturated carbocycles. The van der Waals surface area contributed by atoms with E-state index in [1.54, 1.807) is 19.9 Å². The highest BCUT2D eigenvalue weighted by molar-refractivity contribution is 5.95. The molecule has 2 atom stereocenters. The van der Waals surface area contributed by atoms with Gasteiger partial charge in [0.25, 0.3) is 5.91 Å². The second kappa shape index (κ2) is 8.85. The SMILES string of the molecule is C[C@H](NC(=O)/C=C/c1ccccc1)C(=O)O[C@H](C)C(=O)NC12CC3CC(CC(C3)C1)C2. The lowest BCUT2D eigenvalue weighted by atomic mass is 9.53. The molecule has 4 aliphatic carbocycles. The second-order valence-electron chi connectivity index (χ2n) is 9.74. The van der Waals surface area contributed by atoms with Crippen LogP contribution in [0, 0.1) is 17.8 Å². The summed E-state index contributed by atoms with van der Waals surface area (Å²) in [7, 11) is 0. The van der Waals surface area contributed by atoms with Gasteiger partial charge in [-0.1, -0.05) is 30.3 Å². The third-order valence-electron chi connectivity index (χ3n) is 7.03. The number of amides is 2. The summed E-state index contributed by atoms with van der Waals surface area (Å²) in [5.74, 6) is 0.933. The predicted molar refractivity (Wildman–Crippen MR) is 118 cm³/mol. The van der Waals surface area contributed by atoms with Gasteiger partial charge in [0.15, 0.2) is 6.10 Å². The van der Waals surface area contributed by atoms with E-state index in [1.165, 1.54) is 25.3 Å². The van der Waals surface area contributed by atoms with Gasteiger partial charge in [-0.25, -0.2) is 4.79 Å². The van der Waals surface area contributed by atoms with E-state index in [9.17, 15) is 14.4 Å². The fraction of sp³-hybridized carbons (Fsp3) is 0.560. The minimum absolute atomic E-state index is 0.117. The molecule has 31 heavy (non-hydrogen) atoms. The number of ether oxygens (including phenoxy) is 1. The quantitative estimate of drug-likeness (QED) is 0.520. The van der Waals surface area contributed by atoms with Crippen LogP contribution in [0.1, 0.15) is 57.9 Å². The van der Waals surface area contributed by atoms with Crippen molar-refractivity contribution < 1.29 is 19.1 Å². The third-order valence-corrected chi connectivity index (χ3v) is 7.03. The molecular formula is C25H32N2O4. The molecule has 0 saturated heterocycles. The molecule has 0 aliphatic heterocycles. The zero-order valence-corrected chi connectivity index (χ0v) is 18.3. The Labute approximate surface area is 183 Å². The van der Waals surface area contributed by atoms with E-state index in [0.29, 0.717) is 0 Å². The van der Waals surface area contributed by atoms with E-state index in [-0.39, 0.29) is 17.4 Å². The molecule has 5 rings (SSSR count). The summed E-state index contributed by atoms with van der Waals surface area (Å²) in [4.78, 5) is 37.3. The molecule has 0 radical (unpaired) electrons. The number of hydrogen-bond acceptors (Lipinski definition) is 4. The van der Waals surface area contributed by atoms with E-state index < -0.39 is 18.1 Å². The largest absolute Gasteiger partial charge is 0.451 e. The first-order valence-corrected chi connectivity index (χ1v) is 11.4. The minimum Gasteiger partial charge on any atom is -0.451 e. The van der Waals surface area contributed by atoms with E-state index >= 15 is 0 Å². The van der Waals surface area contributed by atoms with Crippen LogP contribution in [0.25, 0.3) is 6.08 Å². The van der Waals surface area contributed by atoms with Gasteiger partial charge in [-0.2, -0.15) is 0 Å². The molecule has 2 amide bonds. The Morgan fingerprint density at radius 2 is 1.58 bits per heavy atom. The lowest BCUT2D eigenvalue weighted by Gasteiger charge is -2.57. The maximum absolute atomic E-state index is 12.8. The van der Waals surface area contributed by atoms with Crippen molar-refractivity contribution >= 4 is 23.9 Å². The fourth-order valence-electron chi connectivity index (χ4n) is 6.01. The van der Waals surface area contributed by atoms with Crippen LogP contribution in [0.4, 0.5) is 0 Å². The molecule has 0 unspecified atom stereocenters. The Bertz CT molecular complexity index is 828. The molecule has 4 fully saturated rings. The Hall–Kier alpha value is -2.63. The van der Waals surface area contributed by atoms with Gasteiger partial charge in [0.05, 0.1) is 0 Å². The first-order chi connectivity index (χ1) is 14.8. The zero-order chi connectivity index (χ0) is 22.0. The topological polar surface area (TPSA) is 84.5 Å². The van der Waals surface area contributed by atoms with Crippen LogP contribution in [0.5, 0.6) is 0 Å². The summed E-state index contributed by atoms with van der Waals surface area (Å²) in [6.45, 7) is 3.15. The van der Waals surface area contributed by atoms with Gasteiger partial charge in [-0.05, 0) is 81.8 Å². The maximum Gasteiger partial charge on any atom is 0.329 e. The molecule has 4 aliphatic rings. The number of benzene rings is 1. The van der Waals surface area contributed by atoms with Crippen molar-refractivity contribution in [2.45, 2.75) is 70.1 Å². The van der Waals surface area contributed by atoms with Crippen molar-refractivity contribution in [1.82, 2.24) is 10.6 Å². The average Bonchev–Trinajstić information content (AvgIpc) is 2.71. The number of hydrogen-bond donors (Lipinski definition) is 2. The second-order valence-corrected chi connectivity index (χ2v) is 9.74. The summed E-state index contributed by atoms with van der Waals surface area (Å²) < 4.78 is 5.36. The van der Waals surface area contributed by atoms with Gasteiger partial charge in [0, 0.05) is 11.6 Å². The summed E-state index contributed by atoms with van der Waals surface area (Å²) in [6.07, 6.45) is 9.21. The Balaban J connectivity index is 1.25. The van der Waals surface area contributed by atoms with E-state index in [2.05, 4.69) is 10.6 Å². The molecular weight excluding hydrogens is 392 g/mol.